The van der Waals surface area contributed by atoms with Crippen LogP contribution in [0.5, 0.6) is 11.5 Å². The molecule has 114 valence electrons. The molecular weight excluding hydrogens is 274 g/mol. The van der Waals surface area contributed by atoms with Crippen LogP contribution in [0.2, 0.25) is 0 Å². The maximum Gasteiger partial charge on any atom is 0.254 e. The zero-order valence-electron chi connectivity index (χ0n) is 11.6. The second-order valence-corrected chi connectivity index (χ2v) is 5.14. The van der Waals surface area contributed by atoms with Gasteiger partial charge in [0.15, 0.2) is 0 Å². The number of carbonyl (C=O) groups excluding carboxylic acids is 2. The molecule has 1 saturated heterocycles. The van der Waals surface area contributed by atoms with E-state index >= 15 is 0 Å². The summed E-state index contributed by atoms with van der Waals surface area (Å²) in [6, 6.07) is 3.51. The van der Waals surface area contributed by atoms with Crippen LogP contribution in [0.15, 0.2) is 18.2 Å². The molecule has 0 saturated carbocycles. The SMILES string of the molecule is NC(=O)CN(C(=O)c1cc(O)cc(O)c1)C1CCCNC1. The second-order valence-electron chi connectivity index (χ2n) is 5.14. The molecule has 0 spiro atoms. The van der Waals surface area contributed by atoms with Crippen LogP contribution >= 0.6 is 0 Å². The van der Waals surface area contributed by atoms with Crippen molar-refractivity contribution in [1.82, 2.24) is 10.2 Å². The predicted molar refractivity (Wildman–Crippen MR) is 75.9 cm³/mol. The first-order valence-corrected chi connectivity index (χ1v) is 6.80. The van der Waals surface area contributed by atoms with E-state index in [0.717, 1.165) is 25.5 Å². The van der Waals surface area contributed by atoms with Gasteiger partial charge in [0.25, 0.3) is 5.91 Å². The number of benzene rings is 1. The fraction of sp³-hybridized carbons (Fsp3) is 0.429. The number of piperidine rings is 1. The van der Waals surface area contributed by atoms with Crippen LogP contribution in [0.1, 0.15) is 23.2 Å². The van der Waals surface area contributed by atoms with Crippen molar-refractivity contribution in [3.63, 3.8) is 0 Å². The molecule has 0 bridgehead atoms. The van der Waals surface area contributed by atoms with Gasteiger partial charge in [0.1, 0.15) is 11.5 Å². The average Bonchev–Trinajstić information content (AvgIpc) is 2.44. The number of carbonyl (C=O) groups is 2. The first-order valence-electron chi connectivity index (χ1n) is 6.80. The average molecular weight is 293 g/mol. The summed E-state index contributed by atoms with van der Waals surface area (Å²) < 4.78 is 0. The zero-order valence-corrected chi connectivity index (χ0v) is 11.6. The molecule has 1 atom stereocenters. The van der Waals surface area contributed by atoms with Gasteiger partial charge in [0, 0.05) is 24.2 Å². The van der Waals surface area contributed by atoms with Crippen molar-refractivity contribution in [2.45, 2.75) is 18.9 Å². The zero-order chi connectivity index (χ0) is 15.4. The maximum atomic E-state index is 12.6. The quantitative estimate of drug-likeness (QED) is 0.612. The van der Waals surface area contributed by atoms with E-state index in [-0.39, 0.29) is 29.6 Å². The molecule has 2 amide bonds. The van der Waals surface area contributed by atoms with Crippen molar-refractivity contribution in [2.24, 2.45) is 5.73 Å². The molecule has 7 heteroatoms. The lowest BCUT2D eigenvalue weighted by atomic mass is 10.0. The third-order valence-corrected chi connectivity index (χ3v) is 3.45. The summed E-state index contributed by atoms with van der Waals surface area (Å²) in [5, 5.41) is 22.1. The number of nitrogens with one attached hydrogen (secondary N) is 1. The van der Waals surface area contributed by atoms with Gasteiger partial charge in [-0.25, -0.2) is 0 Å². The van der Waals surface area contributed by atoms with Crippen molar-refractivity contribution < 1.29 is 19.8 Å². The van der Waals surface area contributed by atoms with Crippen LogP contribution in [0.4, 0.5) is 0 Å². The van der Waals surface area contributed by atoms with Crippen LogP contribution in [-0.4, -0.2) is 52.6 Å². The van der Waals surface area contributed by atoms with Crippen LogP contribution in [-0.2, 0) is 4.79 Å². The van der Waals surface area contributed by atoms with E-state index in [2.05, 4.69) is 5.32 Å². The van der Waals surface area contributed by atoms with E-state index in [0.29, 0.717) is 6.54 Å². The van der Waals surface area contributed by atoms with Crippen LogP contribution in [0.3, 0.4) is 0 Å². The van der Waals surface area contributed by atoms with Crippen molar-refractivity contribution in [2.75, 3.05) is 19.6 Å². The number of hydrogen-bond acceptors (Lipinski definition) is 5. The molecule has 21 heavy (non-hydrogen) atoms. The number of primary amides is 1. The number of phenolic OH excluding ortho intramolecular Hbond substituents is 2. The number of aromatic hydroxyl groups is 2. The Kier molecular flexibility index (Phi) is 4.64. The van der Waals surface area contributed by atoms with Crippen LogP contribution < -0.4 is 11.1 Å². The third kappa shape index (κ3) is 3.85. The Hall–Kier alpha value is -2.28. The Bertz CT molecular complexity index is 521. The third-order valence-electron chi connectivity index (χ3n) is 3.45. The molecule has 1 heterocycles. The van der Waals surface area contributed by atoms with E-state index < -0.39 is 11.8 Å². The largest absolute Gasteiger partial charge is 0.508 e. The molecule has 1 unspecified atom stereocenters. The lowest BCUT2D eigenvalue weighted by molar-refractivity contribution is -0.119. The number of amides is 2. The molecule has 1 aliphatic rings. The first-order chi connectivity index (χ1) is 9.97. The Morgan fingerprint density at radius 3 is 2.48 bits per heavy atom. The Morgan fingerprint density at radius 1 is 1.29 bits per heavy atom. The highest BCUT2D eigenvalue weighted by atomic mass is 16.3. The van der Waals surface area contributed by atoms with Crippen LogP contribution in [0.25, 0.3) is 0 Å². The second kappa shape index (κ2) is 6.45. The van der Waals surface area contributed by atoms with Crippen LogP contribution in [0, 0.1) is 0 Å². The Labute approximate surface area is 122 Å². The Morgan fingerprint density at radius 2 is 1.95 bits per heavy atom. The normalized spacial score (nSPS) is 18.2. The number of nitrogens with two attached hydrogens (primary N) is 1. The molecule has 7 nitrogen and oxygen atoms in total. The first kappa shape index (κ1) is 15.1. The molecule has 1 aromatic carbocycles. The highest BCUT2D eigenvalue weighted by Crippen LogP contribution is 2.23. The fourth-order valence-corrected chi connectivity index (χ4v) is 2.52. The number of nitrogens with zero attached hydrogens (tertiary/aromatic N) is 1. The van der Waals surface area contributed by atoms with E-state index in [4.69, 9.17) is 5.73 Å². The van der Waals surface area contributed by atoms with Crippen molar-refractivity contribution >= 4 is 11.8 Å². The molecule has 0 radical (unpaired) electrons. The fourth-order valence-electron chi connectivity index (χ4n) is 2.52. The lowest BCUT2D eigenvalue weighted by Crippen LogP contribution is -2.51. The summed E-state index contributed by atoms with van der Waals surface area (Å²) in [6.45, 7) is 1.27. The summed E-state index contributed by atoms with van der Waals surface area (Å²) >= 11 is 0. The molecule has 5 N–H and O–H groups in total. The number of phenols is 2. The van der Waals surface area contributed by atoms with Crippen molar-refractivity contribution in [3.8, 4) is 11.5 Å². The molecule has 1 fully saturated rings. The van der Waals surface area contributed by atoms with Crippen molar-refractivity contribution in [3.05, 3.63) is 23.8 Å². The Balaban J connectivity index is 2.25. The highest BCUT2D eigenvalue weighted by Gasteiger charge is 2.27. The minimum Gasteiger partial charge on any atom is -0.508 e. The highest BCUT2D eigenvalue weighted by molar-refractivity contribution is 5.97. The smallest absolute Gasteiger partial charge is 0.254 e. The van der Waals surface area contributed by atoms with Gasteiger partial charge in [0.2, 0.25) is 5.91 Å². The summed E-state index contributed by atoms with van der Waals surface area (Å²) in [7, 11) is 0. The van der Waals surface area contributed by atoms with Gasteiger partial charge in [0.05, 0.1) is 6.54 Å². The minimum atomic E-state index is -0.599. The van der Waals surface area contributed by atoms with E-state index in [1.165, 1.54) is 17.0 Å². The molecule has 1 aromatic rings. The van der Waals surface area contributed by atoms with Gasteiger partial charge in [-0.05, 0) is 31.5 Å². The summed E-state index contributed by atoms with van der Waals surface area (Å²) in [6.07, 6.45) is 1.68. The summed E-state index contributed by atoms with van der Waals surface area (Å²) in [5.74, 6) is -1.45. The van der Waals surface area contributed by atoms with Gasteiger partial charge in [-0.3, -0.25) is 9.59 Å². The number of rotatable bonds is 4. The molecule has 1 aliphatic heterocycles. The topological polar surface area (TPSA) is 116 Å². The minimum absolute atomic E-state index is 0.124. The standard InChI is InChI=1S/C14H19N3O4/c15-13(20)8-17(10-2-1-3-16-7-10)14(21)9-4-11(18)6-12(19)5-9/h4-6,10,16,18-19H,1-3,7-8H2,(H2,15,20). The maximum absolute atomic E-state index is 12.6. The summed E-state index contributed by atoms with van der Waals surface area (Å²) in [4.78, 5) is 25.2. The monoisotopic (exact) mass is 293 g/mol. The van der Waals surface area contributed by atoms with E-state index in [9.17, 15) is 19.8 Å². The predicted octanol–water partition coefficient (Wildman–Crippen LogP) is -0.223. The van der Waals surface area contributed by atoms with Gasteiger partial charge in [-0.15, -0.1) is 0 Å². The van der Waals surface area contributed by atoms with Gasteiger partial charge < -0.3 is 26.2 Å². The molecule has 0 aromatic heterocycles. The summed E-state index contributed by atoms with van der Waals surface area (Å²) in [5.41, 5.74) is 5.35. The lowest BCUT2D eigenvalue weighted by Gasteiger charge is -2.34. The van der Waals surface area contributed by atoms with Gasteiger partial charge in [-0.1, -0.05) is 0 Å². The molecule has 2 rings (SSSR count). The van der Waals surface area contributed by atoms with Crippen molar-refractivity contribution in [1.29, 1.82) is 0 Å². The van der Waals surface area contributed by atoms with Gasteiger partial charge in [-0.2, -0.15) is 0 Å². The van der Waals surface area contributed by atoms with E-state index in [1.54, 1.807) is 0 Å². The molecular formula is C14H19N3O4. The molecule has 0 aliphatic carbocycles. The van der Waals surface area contributed by atoms with Gasteiger partial charge >= 0.3 is 0 Å². The number of hydrogen-bond donors (Lipinski definition) is 4. The van der Waals surface area contributed by atoms with E-state index in [1.807, 2.05) is 0 Å².